The lowest BCUT2D eigenvalue weighted by Gasteiger charge is -2.24. The molecule has 1 saturated heterocycles. The number of anilines is 1. The summed E-state index contributed by atoms with van der Waals surface area (Å²) in [5.41, 5.74) is -0.761. The third-order valence-corrected chi connectivity index (χ3v) is 4.46. The topological polar surface area (TPSA) is 64.6 Å². The number of nitrogens with one attached hydrogen (secondary N) is 3. The maximum atomic E-state index is 12.9. The summed E-state index contributed by atoms with van der Waals surface area (Å²) in [4.78, 5) is 10.4. The highest BCUT2D eigenvalue weighted by Gasteiger charge is 2.33. The van der Waals surface area contributed by atoms with Crippen molar-refractivity contribution in [1.29, 1.82) is 0 Å². The SMILES string of the molecule is CCN1CCCC1CNC(=NC)NCCNc1ncccc1C(F)(F)F. The van der Waals surface area contributed by atoms with Crippen LogP contribution >= 0.6 is 0 Å². The highest BCUT2D eigenvalue weighted by Crippen LogP contribution is 2.33. The summed E-state index contributed by atoms with van der Waals surface area (Å²) in [6.07, 6.45) is -0.707. The summed E-state index contributed by atoms with van der Waals surface area (Å²) in [6, 6.07) is 2.80. The van der Waals surface area contributed by atoms with Gasteiger partial charge in [0.05, 0.1) is 5.56 Å². The Morgan fingerprint density at radius 3 is 2.85 bits per heavy atom. The van der Waals surface area contributed by atoms with Gasteiger partial charge in [-0.2, -0.15) is 13.2 Å². The molecule has 26 heavy (non-hydrogen) atoms. The van der Waals surface area contributed by atoms with Crippen molar-refractivity contribution in [3.05, 3.63) is 23.9 Å². The lowest BCUT2D eigenvalue weighted by Crippen LogP contribution is -2.45. The van der Waals surface area contributed by atoms with Crippen molar-refractivity contribution in [2.45, 2.75) is 32.0 Å². The van der Waals surface area contributed by atoms with Crippen LogP contribution in [0.2, 0.25) is 0 Å². The van der Waals surface area contributed by atoms with Gasteiger partial charge >= 0.3 is 6.18 Å². The van der Waals surface area contributed by atoms with Gasteiger partial charge in [-0.3, -0.25) is 9.89 Å². The van der Waals surface area contributed by atoms with E-state index < -0.39 is 11.7 Å². The molecule has 0 radical (unpaired) electrons. The summed E-state index contributed by atoms with van der Waals surface area (Å²) in [7, 11) is 1.68. The molecule has 0 spiro atoms. The Hall–Kier alpha value is -2.03. The number of aromatic nitrogens is 1. The number of pyridine rings is 1. The van der Waals surface area contributed by atoms with E-state index in [2.05, 4.69) is 37.8 Å². The van der Waals surface area contributed by atoms with Gasteiger partial charge in [0.25, 0.3) is 0 Å². The van der Waals surface area contributed by atoms with Crippen LogP contribution < -0.4 is 16.0 Å². The van der Waals surface area contributed by atoms with E-state index in [9.17, 15) is 13.2 Å². The first-order valence-electron chi connectivity index (χ1n) is 8.90. The Kier molecular flexibility index (Phi) is 7.50. The number of rotatable bonds is 7. The molecule has 1 aromatic heterocycles. The maximum Gasteiger partial charge on any atom is 0.419 e. The van der Waals surface area contributed by atoms with E-state index in [4.69, 9.17) is 0 Å². The number of halogens is 3. The van der Waals surface area contributed by atoms with E-state index in [1.54, 1.807) is 7.05 Å². The van der Waals surface area contributed by atoms with Gasteiger partial charge in [0.15, 0.2) is 5.96 Å². The maximum absolute atomic E-state index is 12.9. The largest absolute Gasteiger partial charge is 0.419 e. The molecule has 1 fully saturated rings. The zero-order valence-corrected chi connectivity index (χ0v) is 15.2. The molecule has 0 bridgehead atoms. The average Bonchev–Trinajstić information content (AvgIpc) is 3.08. The van der Waals surface area contributed by atoms with Crippen molar-refractivity contribution in [1.82, 2.24) is 20.5 Å². The van der Waals surface area contributed by atoms with Crippen LogP contribution in [0, 0.1) is 0 Å². The monoisotopic (exact) mass is 372 g/mol. The van der Waals surface area contributed by atoms with E-state index in [0.29, 0.717) is 25.1 Å². The molecule has 2 heterocycles. The molecular formula is C17H27F3N6. The highest BCUT2D eigenvalue weighted by molar-refractivity contribution is 5.79. The van der Waals surface area contributed by atoms with E-state index >= 15 is 0 Å². The molecule has 1 aromatic rings. The minimum absolute atomic E-state index is 0.158. The Labute approximate surface area is 152 Å². The second-order valence-corrected chi connectivity index (χ2v) is 6.13. The first-order valence-corrected chi connectivity index (χ1v) is 8.90. The molecule has 0 saturated carbocycles. The quantitative estimate of drug-likeness (QED) is 0.389. The second kappa shape index (κ2) is 9.61. The summed E-state index contributed by atoms with van der Waals surface area (Å²) in [5, 5.41) is 9.12. The summed E-state index contributed by atoms with van der Waals surface area (Å²) < 4.78 is 38.8. The molecule has 1 atom stereocenters. The highest BCUT2D eigenvalue weighted by atomic mass is 19.4. The molecule has 1 aliphatic heterocycles. The lowest BCUT2D eigenvalue weighted by atomic mass is 10.2. The fourth-order valence-electron chi connectivity index (χ4n) is 3.11. The predicted octanol–water partition coefficient (Wildman–Crippen LogP) is 2.16. The number of alkyl halides is 3. The van der Waals surface area contributed by atoms with Gasteiger partial charge in [0, 0.05) is 38.9 Å². The van der Waals surface area contributed by atoms with Gasteiger partial charge in [0.1, 0.15) is 5.82 Å². The molecule has 0 aliphatic carbocycles. The third kappa shape index (κ3) is 5.76. The molecule has 146 valence electrons. The fourth-order valence-corrected chi connectivity index (χ4v) is 3.11. The van der Waals surface area contributed by atoms with Crippen LogP contribution in [0.1, 0.15) is 25.3 Å². The van der Waals surface area contributed by atoms with Gasteiger partial charge in [-0.05, 0) is 38.1 Å². The van der Waals surface area contributed by atoms with E-state index in [0.717, 1.165) is 25.7 Å². The Balaban J connectivity index is 1.75. The van der Waals surface area contributed by atoms with Crippen molar-refractivity contribution < 1.29 is 13.2 Å². The molecule has 2 rings (SSSR count). The first kappa shape index (κ1) is 20.3. The first-order chi connectivity index (χ1) is 12.5. The van der Waals surface area contributed by atoms with Crippen LogP contribution in [0.25, 0.3) is 0 Å². The smallest absolute Gasteiger partial charge is 0.368 e. The zero-order chi connectivity index (χ0) is 19.0. The van der Waals surface area contributed by atoms with E-state index in [1.807, 2.05) is 0 Å². The van der Waals surface area contributed by atoms with Gasteiger partial charge in [0.2, 0.25) is 0 Å². The predicted molar refractivity (Wildman–Crippen MR) is 97.4 cm³/mol. The summed E-state index contributed by atoms with van der Waals surface area (Å²) >= 11 is 0. The van der Waals surface area contributed by atoms with Crippen molar-refractivity contribution in [3.63, 3.8) is 0 Å². The van der Waals surface area contributed by atoms with Gasteiger partial charge in [-0.15, -0.1) is 0 Å². The van der Waals surface area contributed by atoms with Crippen LogP contribution in [0.3, 0.4) is 0 Å². The summed E-state index contributed by atoms with van der Waals surface area (Å²) in [5.74, 6) is 0.487. The van der Waals surface area contributed by atoms with Gasteiger partial charge < -0.3 is 16.0 Å². The number of aliphatic imine (C=N–C) groups is 1. The van der Waals surface area contributed by atoms with E-state index in [1.165, 1.54) is 25.1 Å². The average molecular weight is 372 g/mol. The standard InChI is InChI=1S/C17H27F3N6/c1-3-26-11-5-6-13(26)12-25-16(21-2)24-10-9-23-15-14(17(18,19)20)7-4-8-22-15/h4,7-8,13H,3,5-6,9-12H2,1-2H3,(H,22,23)(H2,21,24,25). The second-order valence-electron chi connectivity index (χ2n) is 6.13. The molecule has 1 unspecified atom stereocenters. The lowest BCUT2D eigenvalue weighted by molar-refractivity contribution is -0.137. The summed E-state index contributed by atoms with van der Waals surface area (Å²) in [6.45, 7) is 5.85. The molecule has 9 heteroatoms. The van der Waals surface area contributed by atoms with Crippen LogP contribution in [0.15, 0.2) is 23.3 Å². The van der Waals surface area contributed by atoms with Crippen LogP contribution in [-0.4, -0.2) is 61.7 Å². The third-order valence-electron chi connectivity index (χ3n) is 4.46. The van der Waals surface area contributed by atoms with Crippen molar-refractivity contribution in [3.8, 4) is 0 Å². The van der Waals surface area contributed by atoms with Crippen LogP contribution in [-0.2, 0) is 6.18 Å². The minimum Gasteiger partial charge on any atom is -0.368 e. The normalized spacial score (nSPS) is 18.8. The van der Waals surface area contributed by atoms with E-state index in [-0.39, 0.29) is 5.82 Å². The Morgan fingerprint density at radius 1 is 1.35 bits per heavy atom. The van der Waals surface area contributed by atoms with Crippen LogP contribution in [0.5, 0.6) is 0 Å². The van der Waals surface area contributed by atoms with Gasteiger partial charge in [-0.25, -0.2) is 4.98 Å². The molecule has 0 amide bonds. The van der Waals surface area contributed by atoms with Gasteiger partial charge in [-0.1, -0.05) is 6.92 Å². The van der Waals surface area contributed by atoms with Crippen molar-refractivity contribution >= 4 is 11.8 Å². The fraction of sp³-hybridized carbons (Fsp3) is 0.647. The van der Waals surface area contributed by atoms with Crippen LogP contribution in [0.4, 0.5) is 19.0 Å². The molecular weight excluding hydrogens is 345 g/mol. The number of likely N-dealkylation sites (N-methyl/N-ethyl adjacent to an activating group) is 1. The molecule has 6 nitrogen and oxygen atoms in total. The number of hydrogen-bond donors (Lipinski definition) is 3. The molecule has 1 aliphatic rings. The molecule has 0 aromatic carbocycles. The minimum atomic E-state index is -4.42. The zero-order valence-electron chi connectivity index (χ0n) is 15.2. The number of hydrogen-bond acceptors (Lipinski definition) is 4. The van der Waals surface area contributed by atoms with Crippen molar-refractivity contribution in [2.24, 2.45) is 4.99 Å². The van der Waals surface area contributed by atoms with Crippen molar-refractivity contribution in [2.75, 3.05) is 45.1 Å². The number of nitrogens with zero attached hydrogens (tertiary/aromatic N) is 3. The number of likely N-dealkylation sites (tertiary alicyclic amines) is 1. The number of guanidine groups is 1. The molecule has 3 N–H and O–H groups in total. The Morgan fingerprint density at radius 2 is 2.15 bits per heavy atom. The Bertz CT molecular complexity index is 590.